The molecule has 0 spiro atoms. The van der Waals surface area contributed by atoms with E-state index in [0.717, 1.165) is 11.3 Å². The van der Waals surface area contributed by atoms with Crippen molar-refractivity contribution in [3.8, 4) is 11.8 Å². The van der Waals surface area contributed by atoms with E-state index in [9.17, 15) is 9.59 Å². The molecule has 28 heavy (non-hydrogen) atoms. The Labute approximate surface area is 162 Å². The summed E-state index contributed by atoms with van der Waals surface area (Å²) in [6.45, 7) is -0.0356. The van der Waals surface area contributed by atoms with Crippen molar-refractivity contribution in [3.63, 3.8) is 0 Å². The van der Waals surface area contributed by atoms with E-state index in [1.807, 2.05) is 42.6 Å². The van der Waals surface area contributed by atoms with E-state index < -0.39 is 5.97 Å². The summed E-state index contributed by atoms with van der Waals surface area (Å²) < 4.78 is 6.79. The lowest BCUT2D eigenvalue weighted by molar-refractivity contribution is -0.133. The molecule has 0 atom stereocenters. The highest BCUT2D eigenvalue weighted by Gasteiger charge is 2.15. The zero-order valence-electron chi connectivity index (χ0n) is 15.3. The third-order valence-electron chi connectivity index (χ3n) is 4.06. The van der Waals surface area contributed by atoms with Crippen molar-refractivity contribution >= 4 is 11.9 Å². The normalized spacial score (nSPS) is 10.1. The summed E-state index contributed by atoms with van der Waals surface area (Å²) in [5, 5.41) is 13.2. The number of rotatable bonds is 6. The fraction of sp³-hybridized carbons (Fsp3) is 0.143. The fourth-order valence-corrected chi connectivity index (χ4v) is 2.56. The highest BCUT2D eigenvalue weighted by Crippen LogP contribution is 2.10. The maximum absolute atomic E-state index is 12.3. The molecule has 7 heteroatoms. The molecule has 2 aromatic carbocycles. The molecule has 7 nitrogen and oxygen atoms in total. The van der Waals surface area contributed by atoms with E-state index >= 15 is 0 Å². The van der Waals surface area contributed by atoms with E-state index in [4.69, 9.17) is 10.00 Å². The minimum absolute atomic E-state index is 0.235. The molecule has 140 valence electrons. The first-order chi connectivity index (χ1) is 13.6. The van der Waals surface area contributed by atoms with Crippen LogP contribution in [0.2, 0.25) is 0 Å². The Morgan fingerprint density at radius 3 is 2.71 bits per heavy atom. The molecule has 3 aromatic rings. The number of carbonyl (C=O) groups excluding carboxylic acids is 2. The van der Waals surface area contributed by atoms with Crippen molar-refractivity contribution in [1.29, 1.82) is 5.26 Å². The standard InChI is InChI=1S/C21H18N4O3/c1-24(13-17-12-23-25(14-17)19-8-3-2-4-9-19)20(26)15-28-21(27)18-7-5-6-16(10-18)11-22/h2-10,12,14H,13,15H2,1H3. The van der Waals surface area contributed by atoms with E-state index in [1.165, 1.54) is 17.0 Å². The molecule has 1 heterocycles. The number of benzene rings is 2. The molecular formula is C21H18N4O3. The van der Waals surface area contributed by atoms with Crippen LogP contribution in [-0.2, 0) is 16.1 Å². The Morgan fingerprint density at radius 1 is 1.18 bits per heavy atom. The lowest BCUT2D eigenvalue weighted by Gasteiger charge is -2.16. The van der Waals surface area contributed by atoms with Crippen LogP contribution in [0.1, 0.15) is 21.5 Å². The SMILES string of the molecule is CN(Cc1cnn(-c2ccccc2)c1)C(=O)COC(=O)c1cccc(C#N)c1. The summed E-state index contributed by atoms with van der Waals surface area (Å²) in [4.78, 5) is 25.8. The highest BCUT2D eigenvalue weighted by molar-refractivity contribution is 5.91. The van der Waals surface area contributed by atoms with Crippen molar-refractivity contribution in [2.45, 2.75) is 6.54 Å². The van der Waals surface area contributed by atoms with Crippen molar-refractivity contribution in [3.05, 3.63) is 83.7 Å². The summed E-state index contributed by atoms with van der Waals surface area (Å²) in [7, 11) is 1.63. The predicted octanol–water partition coefficient (Wildman–Crippen LogP) is 2.56. The van der Waals surface area contributed by atoms with Crippen LogP contribution in [0.5, 0.6) is 0 Å². The van der Waals surface area contributed by atoms with Gasteiger partial charge >= 0.3 is 5.97 Å². The molecule has 0 aliphatic carbocycles. The largest absolute Gasteiger partial charge is 0.452 e. The molecular weight excluding hydrogens is 356 g/mol. The Hall–Kier alpha value is -3.92. The summed E-state index contributed by atoms with van der Waals surface area (Å²) in [5.41, 5.74) is 2.37. The van der Waals surface area contributed by atoms with E-state index in [-0.39, 0.29) is 18.1 Å². The van der Waals surface area contributed by atoms with Gasteiger partial charge in [-0.2, -0.15) is 10.4 Å². The third-order valence-corrected chi connectivity index (χ3v) is 4.06. The first kappa shape index (κ1) is 18.9. The second-order valence-corrected chi connectivity index (χ2v) is 6.15. The van der Waals surface area contributed by atoms with Gasteiger partial charge in [0.2, 0.25) is 0 Å². The van der Waals surface area contributed by atoms with Crippen LogP contribution in [0.25, 0.3) is 5.69 Å². The minimum Gasteiger partial charge on any atom is -0.452 e. The first-order valence-electron chi connectivity index (χ1n) is 8.57. The van der Waals surface area contributed by atoms with Gasteiger partial charge in [0.1, 0.15) is 0 Å². The molecule has 0 aliphatic heterocycles. The summed E-state index contributed by atoms with van der Waals surface area (Å²) in [6, 6.07) is 17.7. The highest BCUT2D eigenvalue weighted by atomic mass is 16.5. The van der Waals surface area contributed by atoms with Crippen LogP contribution in [0.15, 0.2) is 67.0 Å². The number of amides is 1. The lowest BCUT2D eigenvalue weighted by Crippen LogP contribution is -2.30. The quantitative estimate of drug-likeness (QED) is 0.619. The molecule has 0 aliphatic rings. The van der Waals surface area contributed by atoms with Crippen molar-refractivity contribution in [2.75, 3.05) is 13.7 Å². The number of esters is 1. The fourth-order valence-electron chi connectivity index (χ4n) is 2.56. The number of likely N-dealkylation sites (N-methyl/N-ethyl adjacent to an activating group) is 1. The Bertz CT molecular complexity index is 1020. The lowest BCUT2D eigenvalue weighted by atomic mass is 10.1. The summed E-state index contributed by atoms with van der Waals surface area (Å²) in [5.74, 6) is -0.979. The van der Waals surface area contributed by atoms with Gasteiger partial charge in [0.05, 0.1) is 29.1 Å². The van der Waals surface area contributed by atoms with Crippen molar-refractivity contribution < 1.29 is 14.3 Å². The van der Waals surface area contributed by atoms with E-state index in [0.29, 0.717) is 12.1 Å². The van der Waals surface area contributed by atoms with E-state index in [2.05, 4.69) is 5.10 Å². The summed E-state index contributed by atoms with van der Waals surface area (Å²) in [6.07, 6.45) is 3.54. The third kappa shape index (κ3) is 4.62. The van der Waals surface area contributed by atoms with Crippen LogP contribution in [0, 0.1) is 11.3 Å². The number of hydrogen-bond donors (Lipinski definition) is 0. The zero-order chi connectivity index (χ0) is 19.9. The van der Waals surface area contributed by atoms with E-state index in [1.54, 1.807) is 30.1 Å². The predicted molar refractivity (Wildman–Crippen MR) is 101 cm³/mol. The van der Waals surface area contributed by atoms with Crippen LogP contribution in [0.4, 0.5) is 0 Å². The average Bonchev–Trinajstić information content (AvgIpc) is 3.20. The molecule has 1 amide bonds. The Balaban J connectivity index is 1.54. The molecule has 0 unspecified atom stereocenters. The molecule has 0 bridgehead atoms. The molecule has 0 saturated carbocycles. The maximum Gasteiger partial charge on any atom is 0.338 e. The van der Waals surface area contributed by atoms with Gasteiger partial charge in [0.25, 0.3) is 5.91 Å². The second-order valence-electron chi connectivity index (χ2n) is 6.15. The smallest absolute Gasteiger partial charge is 0.338 e. The van der Waals surface area contributed by atoms with Gasteiger partial charge in [0, 0.05) is 25.4 Å². The minimum atomic E-state index is -0.643. The summed E-state index contributed by atoms with van der Waals surface area (Å²) >= 11 is 0. The molecule has 0 fully saturated rings. The number of nitriles is 1. The average molecular weight is 374 g/mol. The van der Waals surface area contributed by atoms with Gasteiger partial charge < -0.3 is 9.64 Å². The topological polar surface area (TPSA) is 88.2 Å². The van der Waals surface area contributed by atoms with Crippen LogP contribution < -0.4 is 0 Å². The van der Waals surface area contributed by atoms with Crippen molar-refractivity contribution in [2.24, 2.45) is 0 Å². The van der Waals surface area contributed by atoms with Gasteiger partial charge in [0.15, 0.2) is 6.61 Å². The van der Waals surface area contributed by atoms with Gasteiger partial charge in [-0.1, -0.05) is 24.3 Å². The maximum atomic E-state index is 12.3. The number of ether oxygens (including phenoxy) is 1. The van der Waals surface area contributed by atoms with Gasteiger partial charge in [-0.15, -0.1) is 0 Å². The zero-order valence-corrected chi connectivity index (χ0v) is 15.3. The van der Waals surface area contributed by atoms with Crippen molar-refractivity contribution in [1.82, 2.24) is 14.7 Å². The number of para-hydroxylation sites is 1. The molecule has 0 radical (unpaired) electrons. The molecule has 0 N–H and O–H groups in total. The first-order valence-corrected chi connectivity index (χ1v) is 8.57. The molecule has 0 saturated heterocycles. The number of carbonyl (C=O) groups is 2. The second kappa shape index (κ2) is 8.64. The number of nitrogens with zero attached hydrogens (tertiary/aromatic N) is 4. The van der Waals surface area contributed by atoms with Crippen LogP contribution in [0.3, 0.4) is 0 Å². The number of aromatic nitrogens is 2. The monoisotopic (exact) mass is 374 g/mol. The molecule has 3 rings (SSSR count). The number of hydrogen-bond acceptors (Lipinski definition) is 5. The Morgan fingerprint density at radius 2 is 1.96 bits per heavy atom. The van der Waals surface area contributed by atoms with Gasteiger partial charge in [-0.25, -0.2) is 9.48 Å². The van der Waals surface area contributed by atoms with Crippen LogP contribution in [-0.4, -0.2) is 40.2 Å². The Kier molecular flexibility index (Phi) is 5.82. The van der Waals surface area contributed by atoms with Gasteiger partial charge in [-0.05, 0) is 30.3 Å². The molecule has 1 aromatic heterocycles. The van der Waals surface area contributed by atoms with Gasteiger partial charge in [-0.3, -0.25) is 4.79 Å². The van der Waals surface area contributed by atoms with Crippen LogP contribution >= 0.6 is 0 Å².